The van der Waals surface area contributed by atoms with Crippen molar-refractivity contribution in [1.29, 1.82) is 0 Å². The quantitative estimate of drug-likeness (QED) is 0.713. The van der Waals surface area contributed by atoms with E-state index in [1.165, 1.54) is 5.56 Å². The fraction of sp³-hybridized carbons (Fsp3) is 0.273. The van der Waals surface area contributed by atoms with E-state index >= 15 is 0 Å². The number of para-hydroxylation sites is 1. The van der Waals surface area contributed by atoms with Crippen LogP contribution in [0.5, 0.6) is 0 Å². The molecule has 1 aromatic heterocycles. The fourth-order valence-corrected chi connectivity index (χ4v) is 3.73. The number of imidazole rings is 1. The first-order chi connectivity index (χ1) is 13.7. The molecule has 1 aliphatic rings. The highest BCUT2D eigenvalue weighted by atomic mass is 35.5. The zero-order chi connectivity index (χ0) is 19.3. The number of halogens is 1. The van der Waals surface area contributed by atoms with E-state index in [9.17, 15) is 4.79 Å². The van der Waals surface area contributed by atoms with Crippen molar-refractivity contribution < 1.29 is 4.79 Å². The summed E-state index contributed by atoms with van der Waals surface area (Å²) in [5.74, 6) is -0.0718. The third-order valence-electron chi connectivity index (χ3n) is 5.15. The molecule has 0 aliphatic carbocycles. The fourth-order valence-electron chi connectivity index (χ4n) is 3.60. The van der Waals surface area contributed by atoms with Crippen molar-refractivity contribution in [3.63, 3.8) is 0 Å². The summed E-state index contributed by atoms with van der Waals surface area (Å²) in [6.07, 6.45) is 5.19. The Hall–Kier alpha value is -2.63. The molecule has 2 heterocycles. The molecule has 0 unspecified atom stereocenters. The maximum Gasteiger partial charge on any atom is 0.270 e. The molecule has 6 heteroatoms. The second-order valence-corrected chi connectivity index (χ2v) is 7.57. The van der Waals surface area contributed by atoms with E-state index in [1.54, 1.807) is 12.5 Å². The van der Waals surface area contributed by atoms with Crippen molar-refractivity contribution in [2.24, 2.45) is 0 Å². The van der Waals surface area contributed by atoms with Gasteiger partial charge >= 0.3 is 0 Å². The maximum absolute atomic E-state index is 12.8. The number of nitrogens with zero attached hydrogens (tertiary/aromatic N) is 3. The van der Waals surface area contributed by atoms with Crippen LogP contribution in [0.1, 0.15) is 28.9 Å². The standard InChI is InChI=1S/C22H23ClN4O/c23-18-8-6-17(7-9-18)15-26-12-10-19(11-13-26)25-22(28)21-14-24-16-27(21)20-4-2-1-3-5-20/h1-9,14,16,19H,10-13,15H2,(H,25,28). The first-order valence-corrected chi connectivity index (χ1v) is 9.92. The number of hydrogen-bond acceptors (Lipinski definition) is 3. The average molecular weight is 395 g/mol. The maximum atomic E-state index is 12.8. The molecule has 0 spiro atoms. The number of hydrogen-bond donors (Lipinski definition) is 1. The zero-order valence-corrected chi connectivity index (χ0v) is 16.3. The molecule has 4 rings (SSSR count). The van der Waals surface area contributed by atoms with Crippen LogP contribution in [0.2, 0.25) is 5.02 Å². The highest BCUT2D eigenvalue weighted by Gasteiger charge is 2.22. The molecule has 0 saturated carbocycles. The Kier molecular flexibility index (Phi) is 5.74. The summed E-state index contributed by atoms with van der Waals surface area (Å²) in [6.45, 7) is 2.84. The second kappa shape index (κ2) is 8.59. The first-order valence-electron chi connectivity index (χ1n) is 9.54. The third-order valence-corrected chi connectivity index (χ3v) is 5.40. The molecule has 0 atom stereocenters. The van der Waals surface area contributed by atoms with E-state index in [-0.39, 0.29) is 11.9 Å². The Balaban J connectivity index is 1.32. The van der Waals surface area contributed by atoms with Gasteiger partial charge in [0, 0.05) is 36.4 Å². The molecule has 1 fully saturated rings. The molecule has 1 saturated heterocycles. The highest BCUT2D eigenvalue weighted by molar-refractivity contribution is 6.30. The lowest BCUT2D eigenvalue weighted by molar-refractivity contribution is 0.0902. The van der Waals surface area contributed by atoms with Crippen LogP contribution in [-0.2, 0) is 6.54 Å². The molecule has 0 bridgehead atoms. The smallest absolute Gasteiger partial charge is 0.270 e. The van der Waals surface area contributed by atoms with Crippen LogP contribution < -0.4 is 5.32 Å². The molecule has 1 amide bonds. The summed E-state index contributed by atoms with van der Waals surface area (Å²) in [5.41, 5.74) is 2.76. The van der Waals surface area contributed by atoms with Crippen LogP contribution in [0.4, 0.5) is 0 Å². The Morgan fingerprint density at radius 3 is 2.50 bits per heavy atom. The van der Waals surface area contributed by atoms with Gasteiger partial charge in [0.1, 0.15) is 5.69 Å². The number of nitrogens with one attached hydrogen (secondary N) is 1. The number of aromatic nitrogens is 2. The zero-order valence-electron chi connectivity index (χ0n) is 15.6. The van der Waals surface area contributed by atoms with Crippen molar-refractivity contribution in [3.05, 3.63) is 83.4 Å². The van der Waals surface area contributed by atoms with Gasteiger partial charge in [0.15, 0.2) is 0 Å². The minimum atomic E-state index is -0.0718. The number of piperidine rings is 1. The normalized spacial score (nSPS) is 15.5. The van der Waals surface area contributed by atoms with E-state index in [4.69, 9.17) is 11.6 Å². The minimum Gasteiger partial charge on any atom is -0.348 e. The Labute approximate surface area is 170 Å². The number of carbonyl (C=O) groups is 1. The van der Waals surface area contributed by atoms with Gasteiger partial charge in [-0.15, -0.1) is 0 Å². The van der Waals surface area contributed by atoms with Crippen LogP contribution in [0.25, 0.3) is 5.69 Å². The second-order valence-electron chi connectivity index (χ2n) is 7.13. The number of rotatable bonds is 5. The summed E-state index contributed by atoms with van der Waals surface area (Å²) in [4.78, 5) is 19.4. The Morgan fingerprint density at radius 2 is 1.79 bits per heavy atom. The monoisotopic (exact) mass is 394 g/mol. The van der Waals surface area contributed by atoms with Crippen molar-refractivity contribution in [3.8, 4) is 5.69 Å². The number of benzene rings is 2. The summed E-state index contributed by atoms with van der Waals surface area (Å²) >= 11 is 5.95. The van der Waals surface area contributed by atoms with Crippen LogP contribution >= 0.6 is 11.6 Å². The van der Waals surface area contributed by atoms with E-state index in [1.807, 2.05) is 47.0 Å². The Morgan fingerprint density at radius 1 is 1.07 bits per heavy atom. The van der Waals surface area contributed by atoms with Crippen molar-refractivity contribution in [1.82, 2.24) is 19.8 Å². The van der Waals surface area contributed by atoms with Crippen molar-refractivity contribution in [2.75, 3.05) is 13.1 Å². The summed E-state index contributed by atoms with van der Waals surface area (Å²) in [6, 6.07) is 18.0. The molecular weight excluding hydrogens is 372 g/mol. The SMILES string of the molecule is O=C(NC1CCN(Cc2ccc(Cl)cc2)CC1)c1cncn1-c1ccccc1. The Bertz CT molecular complexity index is 915. The molecule has 1 aliphatic heterocycles. The lowest BCUT2D eigenvalue weighted by Gasteiger charge is -2.32. The van der Waals surface area contributed by atoms with Crippen LogP contribution in [-0.4, -0.2) is 39.5 Å². The molecule has 3 aromatic rings. The van der Waals surface area contributed by atoms with Gasteiger partial charge < -0.3 is 5.32 Å². The first kappa shape index (κ1) is 18.7. The van der Waals surface area contributed by atoms with Crippen LogP contribution in [0.15, 0.2) is 67.1 Å². The average Bonchev–Trinajstić information content (AvgIpc) is 3.22. The van der Waals surface area contributed by atoms with Crippen molar-refractivity contribution >= 4 is 17.5 Å². The number of carbonyl (C=O) groups excluding carboxylic acids is 1. The molecule has 0 radical (unpaired) electrons. The van der Waals surface area contributed by atoms with E-state index in [0.29, 0.717) is 5.69 Å². The van der Waals surface area contributed by atoms with E-state index < -0.39 is 0 Å². The van der Waals surface area contributed by atoms with Crippen molar-refractivity contribution in [2.45, 2.75) is 25.4 Å². The molecule has 1 N–H and O–H groups in total. The van der Waals surface area contributed by atoms with E-state index in [2.05, 4.69) is 27.3 Å². The molecule has 144 valence electrons. The summed E-state index contributed by atoms with van der Waals surface area (Å²) in [5, 5.41) is 3.94. The summed E-state index contributed by atoms with van der Waals surface area (Å²) < 4.78 is 1.82. The van der Waals surface area contributed by atoms with Gasteiger partial charge in [0.05, 0.1) is 12.5 Å². The largest absolute Gasteiger partial charge is 0.348 e. The van der Waals surface area contributed by atoms with Gasteiger partial charge in [-0.05, 0) is 42.7 Å². The highest BCUT2D eigenvalue weighted by Crippen LogP contribution is 2.17. The summed E-state index contributed by atoms with van der Waals surface area (Å²) in [7, 11) is 0. The van der Waals surface area contributed by atoms with Gasteiger partial charge in [-0.1, -0.05) is 41.9 Å². The van der Waals surface area contributed by atoms with E-state index in [0.717, 1.165) is 43.2 Å². The topological polar surface area (TPSA) is 50.2 Å². The van der Waals surface area contributed by atoms with Crippen LogP contribution in [0.3, 0.4) is 0 Å². The van der Waals surface area contributed by atoms with Gasteiger partial charge in [-0.2, -0.15) is 0 Å². The lowest BCUT2D eigenvalue weighted by Crippen LogP contribution is -2.44. The number of amides is 1. The molecule has 5 nitrogen and oxygen atoms in total. The lowest BCUT2D eigenvalue weighted by atomic mass is 10.0. The van der Waals surface area contributed by atoms with Gasteiger partial charge in [0.2, 0.25) is 0 Å². The predicted octanol–water partition coefficient (Wildman–Crippen LogP) is 3.92. The van der Waals surface area contributed by atoms with Gasteiger partial charge in [-0.3, -0.25) is 14.3 Å². The molecular formula is C22H23ClN4O. The van der Waals surface area contributed by atoms with Gasteiger partial charge in [0.25, 0.3) is 5.91 Å². The predicted molar refractivity (Wildman–Crippen MR) is 111 cm³/mol. The third kappa shape index (κ3) is 4.43. The molecule has 2 aromatic carbocycles. The van der Waals surface area contributed by atoms with Crippen LogP contribution in [0, 0.1) is 0 Å². The molecule has 28 heavy (non-hydrogen) atoms. The minimum absolute atomic E-state index is 0.0718. The van der Waals surface area contributed by atoms with Gasteiger partial charge in [-0.25, -0.2) is 4.98 Å². The number of likely N-dealkylation sites (tertiary alicyclic amines) is 1.